The lowest BCUT2D eigenvalue weighted by Gasteiger charge is -2.17. The molecule has 1 N–H and O–H groups in total. The van der Waals surface area contributed by atoms with Crippen LogP contribution >= 0.6 is 27.3 Å². The second kappa shape index (κ2) is 6.45. The van der Waals surface area contributed by atoms with Crippen molar-refractivity contribution in [2.45, 2.75) is 26.3 Å². The number of aryl methyl sites for hydroxylation is 1. The third-order valence-corrected chi connectivity index (χ3v) is 4.20. The summed E-state index contributed by atoms with van der Waals surface area (Å²) in [4.78, 5) is 6.96. The van der Waals surface area contributed by atoms with Crippen molar-refractivity contribution >= 4 is 27.3 Å². The maximum absolute atomic E-state index is 4.26. The Morgan fingerprint density at radius 2 is 2.22 bits per heavy atom. The molecule has 2 nitrogen and oxygen atoms in total. The lowest BCUT2D eigenvalue weighted by molar-refractivity contribution is 0.604. The van der Waals surface area contributed by atoms with Gasteiger partial charge in [-0.15, -0.1) is 11.3 Å². The molecule has 0 aliphatic heterocycles. The Morgan fingerprint density at radius 1 is 1.39 bits per heavy atom. The molecule has 2 rings (SSSR count). The first-order valence-electron chi connectivity index (χ1n) is 6.11. The second-order valence-corrected chi connectivity index (χ2v) is 6.51. The number of nitrogens with one attached hydrogen (secondary N) is 1. The first kappa shape index (κ1) is 13.7. The zero-order chi connectivity index (χ0) is 13.0. The van der Waals surface area contributed by atoms with E-state index in [2.05, 4.69) is 58.3 Å². The van der Waals surface area contributed by atoms with Gasteiger partial charge in [-0.25, -0.2) is 0 Å². The van der Waals surface area contributed by atoms with Crippen LogP contribution in [0.5, 0.6) is 0 Å². The van der Waals surface area contributed by atoms with E-state index in [0.717, 1.165) is 17.4 Å². The first-order valence-corrected chi connectivity index (χ1v) is 7.72. The average Bonchev–Trinajstić information content (AvgIpc) is 2.76. The van der Waals surface area contributed by atoms with Crippen molar-refractivity contribution in [3.05, 3.63) is 50.4 Å². The molecule has 18 heavy (non-hydrogen) atoms. The largest absolute Gasteiger partial charge is 0.306 e. The highest BCUT2D eigenvalue weighted by Gasteiger charge is 2.15. The summed E-state index contributed by atoms with van der Waals surface area (Å²) in [6.45, 7) is 5.33. The predicted molar refractivity (Wildman–Crippen MR) is 81.1 cm³/mol. The van der Waals surface area contributed by atoms with Crippen LogP contribution in [0.2, 0.25) is 0 Å². The van der Waals surface area contributed by atoms with Gasteiger partial charge in [0.25, 0.3) is 0 Å². The molecule has 0 aromatic carbocycles. The van der Waals surface area contributed by atoms with Gasteiger partial charge in [-0.2, -0.15) is 0 Å². The van der Waals surface area contributed by atoms with Gasteiger partial charge in [0.15, 0.2) is 0 Å². The number of thiophene rings is 1. The average molecular weight is 325 g/mol. The fourth-order valence-electron chi connectivity index (χ4n) is 1.87. The summed E-state index contributed by atoms with van der Waals surface area (Å²) >= 11 is 5.33. The van der Waals surface area contributed by atoms with Gasteiger partial charge in [0.1, 0.15) is 0 Å². The van der Waals surface area contributed by atoms with Crippen molar-refractivity contribution in [3.8, 4) is 0 Å². The van der Waals surface area contributed by atoms with Crippen LogP contribution in [0, 0.1) is 6.92 Å². The number of rotatable bonds is 5. The molecule has 0 fully saturated rings. The van der Waals surface area contributed by atoms with Crippen molar-refractivity contribution in [2.75, 3.05) is 6.54 Å². The Morgan fingerprint density at radius 3 is 2.83 bits per heavy atom. The fourth-order valence-corrected chi connectivity index (χ4v) is 3.23. The molecule has 0 aliphatic carbocycles. The van der Waals surface area contributed by atoms with E-state index in [0.29, 0.717) is 0 Å². The quantitative estimate of drug-likeness (QED) is 0.886. The summed E-state index contributed by atoms with van der Waals surface area (Å²) in [6, 6.07) is 6.75. The normalized spacial score (nSPS) is 12.6. The molecule has 2 heterocycles. The predicted octanol–water partition coefficient (Wildman–Crippen LogP) is 4.30. The number of nitrogens with zero attached hydrogens (tertiary/aromatic N) is 1. The maximum atomic E-state index is 4.26. The molecule has 0 spiro atoms. The van der Waals surface area contributed by atoms with Crippen LogP contribution in [0.4, 0.5) is 0 Å². The summed E-state index contributed by atoms with van der Waals surface area (Å²) in [5.41, 5.74) is 1.21. The SMILES string of the molecule is CCCNC(c1cncc(Br)c1)c1ccc(C)s1. The number of hydrogen-bond donors (Lipinski definition) is 1. The highest BCUT2D eigenvalue weighted by molar-refractivity contribution is 9.10. The van der Waals surface area contributed by atoms with Gasteiger partial charge in [0, 0.05) is 26.6 Å². The fraction of sp³-hybridized carbons (Fsp3) is 0.357. The minimum absolute atomic E-state index is 0.244. The highest BCUT2D eigenvalue weighted by atomic mass is 79.9. The molecule has 1 unspecified atom stereocenters. The minimum atomic E-state index is 0.244. The molecule has 0 saturated carbocycles. The molecule has 0 saturated heterocycles. The van der Waals surface area contributed by atoms with Crippen molar-refractivity contribution in [3.63, 3.8) is 0 Å². The van der Waals surface area contributed by atoms with Crippen LogP contribution in [-0.4, -0.2) is 11.5 Å². The van der Waals surface area contributed by atoms with Crippen LogP contribution in [0.25, 0.3) is 0 Å². The maximum Gasteiger partial charge on any atom is 0.0686 e. The second-order valence-electron chi connectivity index (χ2n) is 4.27. The molecular formula is C14H17BrN2S. The van der Waals surface area contributed by atoms with Crippen LogP contribution in [0.1, 0.15) is 34.7 Å². The third kappa shape index (κ3) is 3.40. The van der Waals surface area contributed by atoms with E-state index >= 15 is 0 Å². The van der Waals surface area contributed by atoms with Crippen LogP contribution in [0.15, 0.2) is 35.1 Å². The van der Waals surface area contributed by atoms with Gasteiger partial charge in [-0.1, -0.05) is 6.92 Å². The summed E-state index contributed by atoms with van der Waals surface area (Å²) in [5.74, 6) is 0. The molecule has 2 aromatic heterocycles. The van der Waals surface area contributed by atoms with Gasteiger partial charge in [-0.05, 0) is 59.6 Å². The van der Waals surface area contributed by atoms with E-state index in [1.807, 2.05) is 23.7 Å². The lowest BCUT2D eigenvalue weighted by atomic mass is 10.1. The van der Waals surface area contributed by atoms with Crippen LogP contribution in [0.3, 0.4) is 0 Å². The van der Waals surface area contributed by atoms with E-state index in [9.17, 15) is 0 Å². The molecule has 2 aromatic rings. The number of pyridine rings is 1. The molecule has 0 bridgehead atoms. The first-order chi connectivity index (χ1) is 8.70. The van der Waals surface area contributed by atoms with Crippen molar-refractivity contribution in [1.82, 2.24) is 10.3 Å². The van der Waals surface area contributed by atoms with Gasteiger partial charge >= 0.3 is 0 Å². The van der Waals surface area contributed by atoms with Crippen molar-refractivity contribution < 1.29 is 0 Å². The Bertz CT molecular complexity index is 510. The van der Waals surface area contributed by atoms with Crippen LogP contribution < -0.4 is 5.32 Å². The molecule has 0 radical (unpaired) electrons. The molecule has 96 valence electrons. The molecule has 4 heteroatoms. The summed E-state index contributed by atoms with van der Waals surface area (Å²) < 4.78 is 1.02. The highest BCUT2D eigenvalue weighted by Crippen LogP contribution is 2.29. The van der Waals surface area contributed by atoms with Gasteiger partial charge in [0.2, 0.25) is 0 Å². The Labute approximate surface area is 121 Å². The summed E-state index contributed by atoms with van der Waals surface area (Å²) in [6.07, 6.45) is 4.88. The number of halogens is 1. The Kier molecular flexibility index (Phi) is 4.92. The van der Waals surface area contributed by atoms with E-state index in [1.165, 1.54) is 15.3 Å². The smallest absolute Gasteiger partial charge is 0.0686 e. The monoisotopic (exact) mass is 324 g/mol. The van der Waals surface area contributed by atoms with Gasteiger partial charge in [0.05, 0.1) is 6.04 Å². The number of aromatic nitrogens is 1. The Balaban J connectivity index is 2.30. The topological polar surface area (TPSA) is 24.9 Å². The zero-order valence-corrected chi connectivity index (χ0v) is 13.0. The zero-order valence-electron chi connectivity index (χ0n) is 10.6. The number of hydrogen-bond acceptors (Lipinski definition) is 3. The third-order valence-electron chi connectivity index (χ3n) is 2.70. The van der Waals surface area contributed by atoms with Gasteiger partial charge in [-0.3, -0.25) is 4.98 Å². The Hall–Kier alpha value is -0.710. The van der Waals surface area contributed by atoms with Crippen molar-refractivity contribution in [2.24, 2.45) is 0 Å². The van der Waals surface area contributed by atoms with Gasteiger partial charge < -0.3 is 5.32 Å². The molecule has 0 aliphatic rings. The van der Waals surface area contributed by atoms with E-state index in [1.54, 1.807) is 0 Å². The summed E-state index contributed by atoms with van der Waals surface area (Å²) in [7, 11) is 0. The van der Waals surface area contributed by atoms with Crippen LogP contribution in [-0.2, 0) is 0 Å². The van der Waals surface area contributed by atoms with Crippen molar-refractivity contribution in [1.29, 1.82) is 0 Å². The standard InChI is InChI=1S/C14H17BrN2S/c1-3-6-17-14(13-5-4-10(2)18-13)11-7-12(15)9-16-8-11/h4-5,7-9,14,17H,3,6H2,1-2H3. The van der Waals surface area contributed by atoms with E-state index in [-0.39, 0.29) is 6.04 Å². The molecular weight excluding hydrogens is 308 g/mol. The summed E-state index contributed by atoms with van der Waals surface area (Å²) in [5, 5.41) is 3.59. The molecule has 0 amide bonds. The van der Waals surface area contributed by atoms with E-state index in [4.69, 9.17) is 0 Å². The molecule has 1 atom stereocenters. The van der Waals surface area contributed by atoms with E-state index < -0.39 is 0 Å². The lowest BCUT2D eigenvalue weighted by Crippen LogP contribution is -2.22. The minimum Gasteiger partial charge on any atom is -0.306 e.